The summed E-state index contributed by atoms with van der Waals surface area (Å²) in [6.45, 7) is 2.23. The lowest BCUT2D eigenvalue weighted by Crippen LogP contribution is -2.55. The fraction of sp³-hybridized carbons (Fsp3) is 0.400. The Morgan fingerprint density at radius 3 is 2.24 bits per heavy atom. The van der Waals surface area contributed by atoms with Crippen molar-refractivity contribution in [2.24, 2.45) is 0 Å². The van der Waals surface area contributed by atoms with Crippen LogP contribution >= 0.6 is 0 Å². The van der Waals surface area contributed by atoms with E-state index in [0.717, 1.165) is 11.1 Å². The van der Waals surface area contributed by atoms with Gasteiger partial charge >= 0.3 is 0 Å². The number of rotatable bonds is 4. The molecular weight excluding hydrogens is 320 g/mol. The van der Waals surface area contributed by atoms with Gasteiger partial charge in [0.05, 0.1) is 12.7 Å². The van der Waals surface area contributed by atoms with Crippen molar-refractivity contribution in [1.29, 1.82) is 0 Å². The van der Waals surface area contributed by atoms with Gasteiger partial charge in [0.2, 0.25) is 0 Å². The maximum atomic E-state index is 10.4. The van der Waals surface area contributed by atoms with Crippen molar-refractivity contribution in [3.63, 3.8) is 0 Å². The minimum absolute atomic E-state index is 0.389. The molecule has 0 radical (unpaired) electrons. The highest BCUT2D eigenvalue weighted by molar-refractivity contribution is 5.17. The Balaban J connectivity index is 1.48. The van der Waals surface area contributed by atoms with Gasteiger partial charge in [0.1, 0.15) is 18.3 Å². The van der Waals surface area contributed by atoms with E-state index in [1.807, 2.05) is 67.6 Å². The van der Waals surface area contributed by atoms with Crippen molar-refractivity contribution in [3.8, 4) is 0 Å². The molecule has 2 saturated heterocycles. The average molecular weight is 342 g/mol. The van der Waals surface area contributed by atoms with Crippen LogP contribution < -0.4 is 0 Å². The fourth-order valence-electron chi connectivity index (χ4n) is 3.26. The van der Waals surface area contributed by atoms with Gasteiger partial charge in [-0.1, -0.05) is 60.7 Å². The number of aliphatic hydroxyl groups is 1. The summed E-state index contributed by atoms with van der Waals surface area (Å²) in [5.41, 5.74) is 1.97. The number of hydrogen-bond donors (Lipinski definition) is 1. The predicted molar refractivity (Wildman–Crippen MR) is 90.5 cm³/mol. The highest BCUT2D eigenvalue weighted by Crippen LogP contribution is 2.39. The van der Waals surface area contributed by atoms with Gasteiger partial charge in [0, 0.05) is 5.56 Å². The number of fused-ring (bicyclic) bond motifs is 1. The van der Waals surface area contributed by atoms with E-state index in [2.05, 4.69) is 0 Å². The van der Waals surface area contributed by atoms with Crippen LogP contribution in [0.5, 0.6) is 0 Å². The highest BCUT2D eigenvalue weighted by atomic mass is 16.8. The van der Waals surface area contributed by atoms with E-state index in [0.29, 0.717) is 6.61 Å². The Morgan fingerprint density at radius 2 is 1.52 bits per heavy atom. The molecule has 2 heterocycles. The van der Waals surface area contributed by atoms with E-state index >= 15 is 0 Å². The quantitative estimate of drug-likeness (QED) is 0.926. The second-order valence-corrected chi connectivity index (χ2v) is 6.44. The Kier molecular flexibility index (Phi) is 4.83. The van der Waals surface area contributed by atoms with Crippen LogP contribution in [0.15, 0.2) is 60.7 Å². The summed E-state index contributed by atoms with van der Waals surface area (Å²) in [6.07, 6.45) is -3.20. The third kappa shape index (κ3) is 3.47. The standard InChI is InChI=1S/C20H22O5/c1-13-16(21)17-18(25-19(24-17)15-10-6-3-7-11-15)20(23-13)22-12-14-8-4-2-5-9-14/h2-11,13,16-21H,12H2,1H3/t13-,16-,17+,18+,19?,20+/m0/s1. The summed E-state index contributed by atoms with van der Waals surface area (Å²) in [5.74, 6) is 0. The molecule has 2 aliphatic rings. The number of aliphatic hydroxyl groups excluding tert-OH is 1. The lowest BCUT2D eigenvalue weighted by atomic mass is 10.00. The monoisotopic (exact) mass is 342 g/mol. The van der Waals surface area contributed by atoms with E-state index in [1.54, 1.807) is 0 Å². The van der Waals surface area contributed by atoms with Gasteiger partial charge < -0.3 is 24.1 Å². The lowest BCUT2D eigenvalue weighted by Gasteiger charge is -2.38. The first-order valence-electron chi connectivity index (χ1n) is 8.57. The molecule has 0 aromatic heterocycles. The third-order valence-corrected chi connectivity index (χ3v) is 4.65. The Hall–Kier alpha value is -1.76. The van der Waals surface area contributed by atoms with Gasteiger partial charge in [-0.3, -0.25) is 0 Å². The first-order valence-corrected chi connectivity index (χ1v) is 8.57. The van der Waals surface area contributed by atoms with Gasteiger partial charge in [0.15, 0.2) is 12.6 Å². The van der Waals surface area contributed by atoms with Crippen molar-refractivity contribution < 1.29 is 24.1 Å². The minimum Gasteiger partial charge on any atom is -0.388 e. The molecule has 5 nitrogen and oxygen atoms in total. The Morgan fingerprint density at radius 1 is 0.880 bits per heavy atom. The summed E-state index contributed by atoms with van der Waals surface area (Å²) in [5, 5.41) is 10.4. The van der Waals surface area contributed by atoms with Crippen molar-refractivity contribution in [3.05, 3.63) is 71.8 Å². The maximum absolute atomic E-state index is 10.4. The molecule has 0 amide bonds. The molecule has 2 aliphatic heterocycles. The molecule has 25 heavy (non-hydrogen) atoms. The van der Waals surface area contributed by atoms with Crippen LogP contribution in [0.3, 0.4) is 0 Å². The lowest BCUT2D eigenvalue weighted by molar-refractivity contribution is -0.274. The Bertz CT molecular complexity index is 677. The first kappa shape index (κ1) is 16.7. The summed E-state index contributed by atoms with van der Waals surface area (Å²) < 4.78 is 23.8. The number of benzene rings is 2. The second-order valence-electron chi connectivity index (χ2n) is 6.44. The summed E-state index contributed by atoms with van der Waals surface area (Å²) in [4.78, 5) is 0. The molecule has 6 atom stereocenters. The largest absolute Gasteiger partial charge is 0.388 e. The van der Waals surface area contributed by atoms with Crippen LogP contribution in [-0.4, -0.2) is 35.8 Å². The molecule has 5 heteroatoms. The van der Waals surface area contributed by atoms with Gasteiger partial charge in [0.25, 0.3) is 0 Å². The van der Waals surface area contributed by atoms with E-state index in [-0.39, 0.29) is 6.10 Å². The van der Waals surface area contributed by atoms with E-state index < -0.39 is 30.9 Å². The fourth-order valence-corrected chi connectivity index (χ4v) is 3.26. The highest BCUT2D eigenvalue weighted by Gasteiger charge is 2.52. The third-order valence-electron chi connectivity index (χ3n) is 4.65. The molecule has 4 rings (SSSR count). The van der Waals surface area contributed by atoms with E-state index in [9.17, 15) is 5.11 Å². The molecule has 1 N–H and O–H groups in total. The number of ether oxygens (including phenoxy) is 4. The summed E-state index contributed by atoms with van der Waals surface area (Å²) in [6, 6.07) is 19.6. The van der Waals surface area contributed by atoms with Crippen molar-refractivity contribution >= 4 is 0 Å². The second kappa shape index (κ2) is 7.23. The molecule has 0 aliphatic carbocycles. The van der Waals surface area contributed by atoms with Crippen LogP contribution in [-0.2, 0) is 25.6 Å². The zero-order valence-corrected chi connectivity index (χ0v) is 14.0. The molecule has 2 fully saturated rings. The van der Waals surface area contributed by atoms with Gasteiger partial charge in [-0.2, -0.15) is 0 Å². The molecular formula is C20H22O5. The van der Waals surface area contributed by atoms with Gasteiger partial charge in [-0.15, -0.1) is 0 Å². The molecule has 0 bridgehead atoms. The van der Waals surface area contributed by atoms with Crippen LogP contribution in [0.25, 0.3) is 0 Å². The van der Waals surface area contributed by atoms with Crippen molar-refractivity contribution in [2.75, 3.05) is 0 Å². The zero-order chi connectivity index (χ0) is 17.2. The predicted octanol–water partition coefficient (Wildman–Crippen LogP) is 2.79. The topological polar surface area (TPSA) is 57.2 Å². The minimum atomic E-state index is -0.754. The van der Waals surface area contributed by atoms with Gasteiger partial charge in [-0.25, -0.2) is 0 Å². The molecule has 2 aromatic carbocycles. The average Bonchev–Trinajstić information content (AvgIpc) is 3.11. The molecule has 132 valence electrons. The molecule has 1 unspecified atom stereocenters. The molecule has 0 spiro atoms. The van der Waals surface area contributed by atoms with E-state index in [4.69, 9.17) is 18.9 Å². The van der Waals surface area contributed by atoms with Crippen LogP contribution in [0.4, 0.5) is 0 Å². The summed E-state index contributed by atoms with van der Waals surface area (Å²) in [7, 11) is 0. The molecule has 2 aromatic rings. The van der Waals surface area contributed by atoms with Crippen LogP contribution in [0, 0.1) is 0 Å². The molecule has 0 saturated carbocycles. The van der Waals surface area contributed by atoms with Crippen molar-refractivity contribution in [2.45, 2.75) is 50.5 Å². The summed E-state index contributed by atoms with van der Waals surface area (Å²) >= 11 is 0. The SMILES string of the molecule is C[C@@H]1O[C@@H](OCc2ccccc2)[C@@H]2OC(c3ccccc3)O[C@@H]2[C@H]1O. The zero-order valence-electron chi connectivity index (χ0n) is 14.0. The normalized spacial score (nSPS) is 34.6. The first-order chi connectivity index (χ1) is 12.2. The van der Waals surface area contributed by atoms with Crippen molar-refractivity contribution in [1.82, 2.24) is 0 Å². The van der Waals surface area contributed by atoms with Crippen LogP contribution in [0.1, 0.15) is 24.3 Å². The van der Waals surface area contributed by atoms with E-state index in [1.165, 1.54) is 0 Å². The maximum Gasteiger partial charge on any atom is 0.187 e. The smallest absolute Gasteiger partial charge is 0.187 e. The number of hydrogen-bond acceptors (Lipinski definition) is 5. The van der Waals surface area contributed by atoms with Gasteiger partial charge in [-0.05, 0) is 12.5 Å². The van der Waals surface area contributed by atoms with Crippen LogP contribution in [0.2, 0.25) is 0 Å². The Labute approximate surface area is 147 Å².